The van der Waals surface area contributed by atoms with E-state index in [1.165, 1.54) is 11.6 Å². The summed E-state index contributed by atoms with van der Waals surface area (Å²) in [6.07, 6.45) is 2.82. The molecule has 1 saturated carbocycles. The molecular weight excluding hydrogens is 481 g/mol. The first-order valence-electron chi connectivity index (χ1n) is 11.9. The number of hydrogen-bond acceptors (Lipinski definition) is 5. The number of aromatic nitrogens is 2. The molecule has 0 bridgehead atoms. The molecular formula is C24H30ClF3N6O. The van der Waals surface area contributed by atoms with Gasteiger partial charge in [-0.05, 0) is 69.6 Å². The SMILES string of the molecule is CN(C)c1nc(NC2CCC(NC(=O)Nc3ccc(Cl)c(C(F)(F)F)c3)CC2)nc2c1CCCC2. The van der Waals surface area contributed by atoms with Gasteiger partial charge in [0.15, 0.2) is 0 Å². The molecule has 0 unspecified atom stereocenters. The zero-order valence-corrected chi connectivity index (χ0v) is 20.6. The Morgan fingerprint density at radius 3 is 2.43 bits per heavy atom. The van der Waals surface area contributed by atoms with Crippen LogP contribution in [0.15, 0.2) is 18.2 Å². The van der Waals surface area contributed by atoms with Crippen molar-refractivity contribution in [3.8, 4) is 0 Å². The lowest BCUT2D eigenvalue weighted by Crippen LogP contribution is -2.42. The first kappa shape index (κ1) is 25.3. The van der Waals surface area contributed by atoms with Crippen LogP contribution in [-0.4, -0.2) is 42.2 Å². The number of fused-ring (bicyclic) bond motifs is 1. The van der Waals surface area contributed by atoms with Gasteiger partial charge >= 0.3 is 12.2 Å². The molecule has 0 atom stereocenters. The van der Waals surface area contributed by atoms with Crippen LogP contribution in [0.1, 0.15) is 55.3 Å². The largest absolute Gasteiger partial charge is 0.417 e. The molecule has 11 heteroatoms. The Morgan fingerprint density at radius 1 is 1.06 bits per heavy atom. The van der Waals surface area contributed by atoms with E-state index in [0.717, 1.165) is 75.0 Å². The average molecular weight is 511 g/mol. The number of alkyl halides is 3. The molecule has 0 radical (unpaired) electrons. The van der Waals surface area contributed by atoms with Gasteiger partial charge in [-0.1, -0.05) is 11.6 Å². The summed E-state index contributed by atoms with van der Waals surface area (Å²) in [5.74, 6) is 1.62. The van der Waals surface area contributed by atoms with Crippen molar-refractivity contribution in [1.29, 1.82) is 0 Å². The molecule has 0 saturated heterocycles. The lowest BCUT2D eigenvalue weighted by Gasteiger charge is -2.30. The number of halogens is 4. The van der Waals surface area contributed by atoms with Gasteiger partial charge in [-0.2, -0.15) is 18.2 Å². The second-order valence-corrected chi connectivity index (χ2v) is 9.79. The van der Waals surface area contributed by atoms with Crippen molar-refractivity contribution in [2.45, 2.75) is 69.6 Å². The van der Waals surface area contributed by atoms with E-state index in [4.69, 9.17) is 21.6 Å². The van der Waals surface area contributed by atoms with Crippen LogP contribution in [0.4, 0.5) is 35.4 Å². The number of urea groups is 1. The number of aryl methyl sites for hydroxylation is 1. The topological polar surface area (TPSA) is 82.2 Å². The first-order chi connectivity index (χ1) is 16.6. The first-order valence-corrected chi connectivity index (χ1v) is 12.3. The van der Waals surface area contributed by atoms with Gasteiger partial charge in [0.2, 0.25) is 5.95 Å². The van der Waals surface area contributed by atoms with Crippen molar-refractivity contribution >= 4 is 35.1 Å². The predicted octanol–water partition coefficient (Wildman–Crippen LogP) is 5.64. The number of amides is 2. The molecule has 2 amide bonds. The monoisotopic (exact) mass is 510 g/mol. The third-order valence-electron chi connectivity index (χ3n) is 6.51. The zero-order valence-electron chi connectivity index (χ0n) is 19.8. The fourth-order valence-corrected chi connectivity index (χ4v) is 4.97. The molecule has 35 heavy (non-hydrogen) atoms. The standard InChI is InChI=1S/C24H30ClF3N6O/c1-34(2)21-17-5-3-4-6-20(17)32-22(33-21)29-14-7-9-15(10-8-14)30-23(35)31-16-11-12-19(25)18(13-16)24(26,27)28/h11-15H,3-10H2,1-2H3,(H,29,32,33)(H2,30,31,35). The van der Waals surface area contributed by atoms with Gasteiger partial charge in [0, 0.05) is 37.4 Å². The van der Waals surface area contributed by atoms with Crippen LogP contribution in [0.25, 0.3) is 0 Å². The third-order valence-corrected chi connectivity index (χ3v) is 6.84. The molecule has 4 rings (SSSR count). The highest BCUT2D eigenvalue weighted by molar-refractivity contribution is 6.31. The van der Waals surface area contributed by atoms with E-state index >= 15 is 0 Å². The molecule has 0 spiro atoms. The van der Waals surface area contributed by atoms with Gasteiger partial charge in [0.25, 0.3) is 0 Å². The number of carbonyl (C=O) groups excluding carboxylic acids is 1. The van der Waals surface area contributed by atoms with Crippen LogP contribution in [-0.2, 0) is 19.0 Å². The number of nitrogens with zero attached hydrogens (tertiary/aromatic N) is 3. The van der Waals surface area contributed by atoms with Gasteiger partial charge < -0.3 is 20.9 Å². The third kappa shape index (κ3) is 6.28. The summed E-state index contributed by atoms with van der Waals surface area (Å²) in [4.78, 5) is 23.9. The van der Waals surface area contributed by atoms with Crippen LogP contribution < -0.4 is 20.9 Å². The van der Waals surface area contributed by atoms with E-state index in [0.29, 0.717) is 5.95 Å². The van der Waals surface area contributed by atoms with Gasteiger partial charge in [-0.25, -0.2) is 9.78 Å². The fraction of sp³-hybridized carbons (Fsp3) is 0.542. The smallest absolute Gasteiger partial charge is 0.362 e. The number of benzene rings is 1. The zero-order chi connectivity index (χ0) is 25.2. The number of hydrogen-bond donors (Lipinski definition) is 3. The molecule has 2 aliphatic rings. The van der Waals surface area contributed by atoms with Gasteiger partial charge in [0.1, 0.15) is 5.82 Å². The van der Waals surface area contributed by atoms with E-state index in [9.17, 15) is 18.0 Å². The van der Waals surface area contributed by atoms with Crippen LogP contribution in [0.3, 0.4) is 0 Å². The summed E-state index contributed by atoms with van der Waals surface area (Å²) < 4.78 is 39.1. The summed E-state index contributed by atoms with van der Waals surface area (Å²) in [6.45, 7) is 0. The van der Waals surface area contributed by atoms with Crippen molar-refractivity contribution in [3.63, 3.8) is 0 Å². The van der Waals surface area contributed by atoms with Gasteiger partial charge in [-0.15, -0.1) is 0 Å². The Labute approximate surface area is 207 Å². The minimum absolute atomic E-state index is 0.0378. The van der Waals surface area contributed by atoms with Crippen LogP contribution >= 0.6 is 11.6 Å². The highest BCUT2D eigenvalue weighted by Crippen LogP contribution is 2.36. The average Bonchev–Trinajstić information content (AvgIpc) is 2.80. The molecule has 2 aliphatic carbocycles. The summed E-state index contributed by atoms with van der Waals surface area (Å²) >= 11 is 5.64. The maximum Gasteiger partial charge on any atom is 0.417 e. The maximum atomic E-state index is 13.0. The lowest BCUT2D eigenvalue weighted by atomic mass is 9.91. The van der Waals surface area contributed by atoms with E-state index in [2.05, 4.69) is 16.0 Å². The number of rotatable bonds is 5. The van der Waals surface area contributed by atoms with E-state index in [1.807, 2.05) is 19.0 Å². The summed E-state index contributed by atoms with van der Waals surface area (Å²) in [5, 5.41) is 8.40. The lowest BCUT2D eigenvalue weighted by molar-refractivity contribution is -0.137. The second-order valence-electron chi connectivity index (χ2n) is 9.38. The minimum Gasteiger partial charge on any atom is -0.362 e. The minimum atomic E-state index is -4.59. The molecule has 3 N–H and O–H groups in total. The van der Waals surface area contributed by atoms with Crippen molar-refractivity contribution < 1.29 is 18.0 Å². The van der Waals surface area contributed by atoms with Gasteiger partial charge in [0.05, 0.1) is 16.3 Å². The molecule has 1 aromatic heterocycles. The van der Waals surface area contributed by atoms with E-state index < -0.39 is 22.8 Å². The second kappa shape index (κ2) is 10.5. The molecule has 1 aromatic carbocycles. The molecule has 190 valence electrons. The van der Waals surface area contributed by atoms with Gasteiger partial charge in [-0.3, -0.25) is 0 Å². The van der Waals surface area contributed by atoms with Crippen LogP contribution in [0, 0.1) is 0 Å². The van der Waals surface area contributed by atoms with Crippen molar-refractivity contribution in [2.24, 2.45) is 0 Å². The van der Waals surface area contributed by atoms with Crippen molar-refractivity contribution in [2.75, 3.05) is 29.6 Å². The Bertz CT molecular complexity index is 1070. The predicted molar refractivity (Wildman–Crippen MR) is 131 cm³/mol. The fourth-order valence-electron chi connectivity index (χ4n) is 4.75. The molecule has 2 aromatic rings. The Balaban J connectivity index is 1.30. The Morgan fingerprint density at radius 2 is 1.74 bits per heavy atom. The summed E-state index contributed by atoms with van der Waals surface area (Å²) in [6, 6.07) is 2.90. The quantitative estimate of drug-likeness (QED) is 0.485. The van der Waals surface area contributed by atoms with E-state index in [-0.39, 0.29) is 17.8 Å². The van der Waals surface area contributed by atoms with Crippen molar-refractivity contribution in [1.82, 2.24) is 15.3 Å². The number of nitrogens with one attached hydrogen (secondary N) is 3. The van der Waals surface area contributed by atoms with Crippen LogP contribution in [0.5, 0.6) is 0 Å². The number of anilines is 3. The number of carbonyl (C=O) groups is 1. The highest BCUT2D eigenvalue weighted by Gasteiger charge is 2.33. The summed E-state index contributed by atoms with van der Waals surface area (Å²) in [7, 11) is 3.99. The Kier molecular flexibility index (Phi) is 7.59. The maximum absolute atomic E-state index is 13.0. The summed E-state index contributed by atoms with van der Waals surface area (Å²) in [5.41, 5.74) is 1.43. The normalized spacial score (nSPS) is 20.1. The Hall–Kier alpha value is -2.75. The van der Waals surface area contributed by atoms with E-state index in [1.54, 1.807) is 0 Å². The highest BCUT2D eigenvalue weighted by atomic mass is 35.5. The molecule has 1 fully saturated rings. The molecule has 0 aliphatic heterocycles. The molecule has 1 heterocycles. The van der Waals surface area contributed by atoms with Crippen LogP contribution in [0.2, 0.25) is 5.02 Å². The molecule has 7 nitrogen and oxygen atoms in total. The van der Waals surface area contributed by atoms with Crippen molar-refractivity contribution in [3.05, 3.63) is 40.0 Å².